The molecule has 9 amide bonds. The smallest absolute Gasteiger partial charge is 0.303 e. The largest absolute Gasteiger partial charge is 0.506 e. The number of anilines is 1. The number of benzene rings is 1. The minimum Gasteiger partial charge on any atom is -0.506 e. The summed E-state index contributed by atoms with van der Waals surface area (Å²) in [7, 11) is 0. The van der Waals surface area contributed by atoms with Crippen molar-refractivity contribution in [3.63, 3.8) is 0 Å². The number of aliphatic hydroxyl groups excluding tert-OH is 8. The van der Waals surface area contributed by atoms with E-state index in [0.717, 1.165) is 70.1 Å². The van der Waals surface area contributed by atoms with Gasteiger partial charge in [-0.3, -0.25) is 47.9 Å². The van der Waals surface area contributed by atoms with E-state index < -0.39 is 207 Å². The molecule has 3 fully saturated rings. The van der Waals surface area contributed by atoms with Crippen LogP contribution in [0, 0.1) is 11.8 Å². The summed E-state index contributed by atoms with van der Waals surface area (Å²) in [5.41, 5.74) is 4.53. The first-order valence-electron chi connectivity index (χ1n) is 28.2. The van der Waals surface area contributed by atoms with Gasteiger partial charge in [-0.05, 0) is 55.7 Å². The van der Waals surface area contributed by atoms with Crippen molar-refractivity contribution in [2.75, 3.05) is 18.4 Å². The zero-order valence-corrected chi connectivity index (χ0v) is 47.2. The molecule has 0 aliphatic carbocycles. The van der Waals surface area contributed by atoms with Crippen molar-refractivity contribution in [3.8, 4) is 5.75 Å². The number of primary amides is 1. The molecule has 0 aromatic heterocycles. The molecule has 1 aromatic rings. The third-order valence-corrected chi connectivity index (χ3v) is 15.3. The molecule has 4 rings (SSSR count). The molecule has 3 saturated heterocycles. The summed E-state index contributed by atoms with van der Waals surface area (Å²) in [6.07, 6.45) is -12.6. The number of amides is 9. The summed E-state index contributed by atoms with van der Waals surface area (Å²) in [5, 5.41) is 123. The van der Waals surface area contributed by atoms with Crippen molar-refractivity contribution in [2.24, 2.45) is 17.6 Å². The molecular formula is C54H85N9O20. The Labute approximate surface area is 480 Å². The molecule has 3 heterocycles. The van der Waals surface area contributed by atoms with Gasteiger partial charge in [0.15, 0.2) is 6.23 Å². The maximum atomic E-state index is 14.6. The van der Waals surface area contributed by atoms with Crippen LogP contribution in [0.1, 0.15) is 142 Å². The highest BCUT2D eigenvalue weighted by Crippen LogP contribution is 2.31. The number of unbranched alkanes of at least 4 members (excludes halogenated alkanes) is 5. The molecule has 83 heavy (non-hydrogen) atoms. The van der Waals surface area contributed by atoms with Gasteiger partial charge in [0, 0.05) is 38.8 Å². The number of nitrogens with zero attached hydrogens (tertiary/aromatic N) is 2. The Kier molecular flexibility index (Phi) is 26.9. The zero-order valence-electron chi connectivity index (χ0n) is 47.2. The van der Waals surface area contributed by atoms with Crippen LogP contribution < -0.4 is 37.6 Å². The molecule has 16 atom stereocenters. The van der Waals surface area contributed by atoms with E-state index in [2.05, 4.69) is 47.4 Å². The lowest BCUT2D eigenvalue weighted by atomic mass is 9.91. The van der Waals surface area contributed by atoms with E-state index in [1.54, 1.807) is 0 Å². The third kappa shape index (κ3) is 20.3. The number of rotatable bonds is 24. The Morgan fingerprint density at radius 1 is 0.711 bits per heavy atom. The number of aromatic hydroxyl groups is 1. The van der Waals surface area contributed by atoms with Crippen LogP contribution in [-0.4, -0.2) is 212 Å². The number of phenolic OH excluding ortho intramolecular Hbond substituents is 1. The van der Waals surface area contributed by atoms with Crippen LogP contribution in [0.2, 0.25) is 0 Å². The van der Waals surface area contributed by atoms with Crippen LogP contribution in [0.4, 0.5) is 5.69 Å². The molecule has 0 spiro atoms. The summed E-state index contributed by atoms with van der Waals surface area (Å²) in [4.78, 5) is 137. The molecule has 3 aliphatic rings. The molecule has 18 N–H and O–H groups in total. The molecule has 29 nitrogen and oxygen atoms in total. The monoisotopic (exact) mass is 1180 g/mol. The van der Waals surface area contributed by atoms with E-state index in [4.69, 9.17) is 10.8 Å². The maximum Gasteiger partial charge on any atom is 0.303 e. The van der Waals surface area contributed by atoms with Crippen molar-refractivity contribution in [2.45, 2.75) is 216 Å². The second-order valence-corrected chi connectivity index (χ2v) is 22.2. The number of carboxylic acids is 1. The Balaban J connectivity index is 1.73. The maximum absolute atomic E-state index is 14.6. The van der Waals surface area contributed by atoms with Gasteiger partial charge in [0.05, 0.1) is 42.9 Å². The molecule has 0 bridgehead atoms. The Morgan fingerprint density at radius 3 is 1.98 bits per heavy atom. The standard InChI is InChI=1S/C54H85N9O20/c1-5-26(2)20-27(3)12-10-8-6-7-9-11-13-39(71)57-32-23-37(69)50(79)61-52(81)45-35(67)18-19-62(45)54(83)43(36(68)24-38(55)70)59-51(80)44(47(76)46(75)29-14-15-34(66)31(21-29)56-40(72)16-17-41(73)74)60-49(78)33-22-30(65)25-63(33)53(82)42(28(4)64)58-48(32)77/h14-15,21,26-28,30,32-33,35-37,42-47,50,64-69,75-76,79H,5-13,16-20,22-25H2,1-4H3,(H2,55,70)(H,56,72)(H,57,71)(H,58,77)(H,59,80)(H,60,78)(H,61,81)(H,73,74)/t26?,27?,28-,30-,32-,33+,35+,36+,37-,42+,43+,44+,45+,46-,47-,50-/m1/s1. The average molecular weight is 1180 g/mol. The number of carbonyl (C=O) groups is 10. The Morgan fingerprint density at radius 2 is 1.34 bits per heavy atom. The van der Waals surface area contributed by atoms with Crippen molar-refractivity contribution >= 4 is 64.8 Å². The quantitative estimate of drug-likeness (QED) is 0.0352. The highest BCUT2D eigenvalue weighted by atomic mass is 16.4. The average Bonchev–Trinajstić information content (AvgIpc) is 4.08. The van der Waals surface area contributed by atoms with Gasteiger partial charge in [-0.2, -0.15) is 0 Å². The van der Waals surface area contributed by atoms with Crippen LogP contribution in [0.15, 0.2) is 18.2 Å². The first kappa shape index (κ1) is 68.9. The van der Waals surface area contributed by atoms with E-state index >= 15 is 0 Å². The first-order chi connectivity index (χ1) is 39.0. The molecule has 29 heteroatoms. The summed E-state index contributed by atoms with van der Waals surface area (Å²) >= 11 is 0. The van der Waals surface area contributed by atoms with E-state index in [0.29, 0.717) is 34.5 Å². The molecule has 0 radical (unpaired) electrons. The van der Waals surface area contributed by atoms with Gasteiger partial charge < -0.3 is 98.5 Å². The van der Waals surface area contributed by atoms with Gasteiger partial charge in [0.1, 0.15) is 60.3 Å². The van der Waals surface area contributed by atoms with Crippen molar-refractivity contribution in [1.29, 1.82) is 0 Å². The Bertz CT molecular complexity index is 2430. The molecule has 3 aliphatic heterocycles. The summed E-state index contributed by atoms with van der Waals surface area (Å²) in [5.74, 6) is -11.7. The summed E-state index contributed by atoms with van der Waals surface area (Å²) < 4.78 is 0. The van der Waals surface area contributed by atoms with Crippen molar-refractivity contribution in [1.82, 2.24) is 36.4 Å². The van der Waals surface area contributed by atoms with E-state index in [1.165, 1.54) is 0 Å². The van der Waals surface area contributed by atoms with Crippen LogP contribution >= 0.6 is 0 Å². The number of hydrogen-bond donors (Lipinski definition) is 17. The molecule has 466 valence electrons. The second-order valence-electron chi connectivity index (χ2n) is 22.2. The van der Waals surface area contributed by atoms with Gasteiger partial charge in [0.25, 0.3) is 0 Å². The number of nitrogens with two attached hydrogens (primary N) is 1. The lowest BCUT2D eigenvalue weighted by Crippen LogP contribution is -2.64. The minimum absolute atomic E-state index is 0.112. The third-order valence-electron chi connectivity index (χ3n) is 15.3. The zero-order chi connectivity index (χ0) is 62.0. The van der Waals surface area contributed by atoms with Gasteiger partial charge in [-0.15, -0.1) is 0 Å². The minimum atomic E-state index is -2.57. The fraction of sp³-hybridized carbons (Fsp3) is 0.704. The molecular weight excluding hydrogens is 1090 g/mol. The van der Waals surface area contributed by atoms with Crippen molar-refractivity contribution < 1.29 is 99.0 Å². The van der Waals surface area contributed by atoms with Gasteiger partial charge in [-0.1, -0.05) is 71.8 Å². The lowest BCUT2D eigenvalue weighted by molar-refractivity contribution is -0.149. The van der Waals surface area contributed by atoms with Crippen LogP contribution in [0.25, 0.3) is 0 Å². The SMILES string of the molecule is CCC(C)CC(C)CCCCCCCCC(=O)N[C@@H]1C[C@@H](O)[C@@H](O)NC(=O)[C@@H]2[C@@H](O)CCN2C(=O)[C@H]([C@@H](O)CC(N)=O)NC(=O)[C@H]([C@@H](O)[C@H](O)c2ccc(O)c(NC(=O)CCC(=O)O)c2)NC(=O)[C@@H]2C[C@@H](O)CN2C(=O)[C@H]([C@@H](C)O)NC1=O. The number of phenols is 1. The number of hydrogen-bond acceptors (Lipinski definition) is 19. The van der Waals surface area contributed by atoms with Gasteiger partial charge in [0.2, 0.25) is 53.2 Å². The van der Waals surface area contributed by atoms with Crippen LogP contribution in [-0.2, 0) is 47.9 Å². The van der Waals surface area contributed by atoms with Gasteiger partial charge in [-0.25, -0.2) is 0 Å². The van der Waals surface area contributed by atoms with E-state index in [1.807, 2.05) is 5.32 Å². The number of carbonyl (C=O) groups excluding carboxylic acids is 9. The summed E-state index contributed by atoms with van der Waals surface area (Å²) in [6, 6.07) is -9.66. The van der Waals surface area contributed by atoms with Gasteiger partial charge >= 0.3 is 5.97 Å². The predicted molar refractivity (Wildman–Crippen MR) is 291 cm³/mol. The number of carboxylic acid groups (broad SMARTS) is 1. The topological polar surface area (TPSA) is 478 Å². The highest BCUT2D eigenvalue weighted by molar-refractivity contribution is 5.99. The lowest BCUT2D eigenvalue weighted by Gasteiger charge is -2.34. The molecule has 1 aromatic carbocycles. The fourth-order valence-electron chi connectivity index (χ4n) is 10.4. The highest BCUT2D eigenvalue weighted by Gasteiger charge is 2.49. The molecule has 0 saturated carbocycles. The van der Waals surface area contributed by atoms with Crippen molar-refractivity contribution in [3.05, 3.63) is 23.8 Å². The predicted octanol–water partition coefficient (Wildman–Crippen LogP) is -3.54. The fourth-order valence-corrected chi connectivity index (χ4v) is 10.4. The first-order valence-corrected chi connectivity index (χ1v) is 28.2. The second kappa shape index (κ2) is 32.5. The number of aliphatic hydroxyl groups is 8. The number of nitrogens with one attached hydrogen (secondary N) is 6. The number of fused-ring (bicyclic) bond motifs is 2. The summed E-state index contributed by atoms with van der Waals surface area (Å²) in [6.45, 7) is 6.56. The molecule has 2 unspecified atom stereocenters. The van der Waals surface area contributed by atoms with E-state index in [9.17, 15) is 93.9 Å². The number of aliphatic carboxylic acids is 1. The van der Waals surface area contributed by atoms with E-state index in [-0.39, 0.29) is 12.8 Å². The normalized spacial score (nSPS) is 27.2. The van der Waals surface area contributed by atoms with Crippen LogP contribution in [0.3, 0.4) is 0 Å². The Hall–Kier alpha value is -6.60. The van der Waals surface area contributed by atoms with Crippen LogP contribution in [0.5, 0.6) is 5.75 Å².